The predicted octanol–water partition coefficient (Wildman–Crippen LogP) is 4.19. The molecule has 2 heterocycles. The fourth-order valence-electron chi connectivity index (χ4n) is 2.98. The molecule has 0 saturated heterocycles. The van der Waals surface area contributed by atoms with Gasteiger partial charge in [-0.05, 0) is 31.0 Å². The van der Waals surface area contributed by atoms with E-state index in [9.17, 15) is 22.8 Å². The Hall–Kier alpha value is -2.88. The summed E-state index contributed by atoms with van der Waals surface area (Å²) in [6.45, 7) is 6.35. The number of aryl methyl sites for hydroxylation is 1. The molecule has 0 aliphatic heterocycles. The number of carbonyl (C=O) groups is 2. The number of hydrogen-bond acceptors (Lipinski definition) is 4. The zero-order valence-corrected chi connectivity index (χ0v) is 17.7. The standard InChI is InChI=1S/C20H21F3N4O2S/c1-10(2)8-27-20-12(11(3)25-27)7-15(30-20)19(29)26(4)9-16(28)24-14-6-5-13(21)17(22)18(14)23/h5-7,10H,8-9H2,1-4H3,(H,24,28). The maximum Gasteiger partial charge on any atom is 0.264 e. The number of anilines is 1. The van der Waals surface area contributed by atoms with Crippen molar-refractivity contribution in [1.29, 1.82) is 0 Å². The van der Waals surface area contributed by atoms with E-state index in [-0.39, 0.29) is 12.5 Å². The molecule has 0 aliphatic rings. The Morgan fingerprint density at radius 2 is 1.93 bits per heavy atom. The Morgan fingerprint density at radius 1 is 1.23 bits per heavy atom. The number of nitrogens with zero attached hydrogens (tertiary/aromatic N) is 3. The molecule has 0 aliphatic carbocycles. The zero-order valence-electron chi connectivity index (χ0n) is 16.9. The lowest BCUT2D eigenvalue weighted by Gasteiger charge is -2.16. The lowest BCUT2D eigenvalue weighted by atomic mass is 10.2. The fraction of sp³-hybridized carbons (Fsp3) is 0.350. The number of benzene rings is 1. The summed E-state index contributed by atoms with van der Waals surface area (Å²) < 4.78 is 41.9. The molecule has 0 atom stereocenters. The molecule has 0 radical (unpaired) electrons. The monoisotopic (exact) mass is 438 g/mol. The lowest BCUT2D eigenvalue weighted by Crippen LogP contribution is -2.34. The molecule has 0 bridgehead atoms. The molecule has 3 aromatic rings. The van der Waals surface area contributed by atoms with Crippen LogP contribution in [0, 0.1) is 30.3 Å². The number of rotatable bonds is 6. The molecule has 0 fully saturated rings. The summed E-state index contributed by atoms with van der Waals surface area (Å²) in [5.74, 6) is -5.25. The van der Waals surface area contributed by atoms with Gasteiger partial charge in [0.2, 0.25) is 5.91 Å². The van der Waals surface area contributed by atoms with Gasteiger partial charge >= 0.3 is 0 Å². The fourth-order valence-corrected chi connectivity index (χ4v) is 4.14. The van der Waals surface area contributed by atoms with Crippen LogP contribution in [-0.4, -0.2) is 40.1 Å². The van der Waals surface area contributed by atoms with Gasteiger partial charge in [-0.25, -0.2) is 13.2 Å². The van der Waals surface area contributed by atoms with Crippen molar-refractivity contribution in [2.24, 2.45) is 5.92 Å². The van der Waals surface area contributed by atoms with E-state index in [1.54, 1.807) is 6.07 Å². The van der Waals surface area contributed by atoms with E-state index in [0.29, 0.717) is 16.9 Å². The number of carbonyl (C=O) groups excluding carboxylic acids is 2. The first-order valence-corrected chi connectivity index (χ1v) is 10.1. The van der Waals surface area contributed by atoms with Gasteiger partial charge in [0.05, 0.1) is 22.8 Å². The molecular formula is C20H21F3N4O2S. The molecule has 1 N–H and O–H groups in total. The minimum Gasteiger partial charge on any atom is -0.332 e. The van der Waals surface area contributed by atoms with Gasteiger partial charge in [-0.1, -0.05) is 13.8 Å². The molecule has 160 valence electrons. The first-order chi connectivity index (χ1) is 14.1. The molecule has 3 rings (SSSR count). The van der Waals surface area contributed by atoms with Crippen LogP contribution in [-0.2, 0) is 11.3 Å². The summed E-state index contributed by atoms with van der Waals surface area (Å²) in [5.41, 5.74) is 0.321. The van der Waals surface area contributed by atoms with E-state index in [2.05, 4.69) is 24.3 Å². The highest BCUT2D eigenvalue weighted by atomic mass is 32.1. The third-order valence-electron chi connectivity index (χ3n) is 4.39. The van der Waals surface area contributed by atoms with Crippen molar-refractivity contribution in [1.82, 2.24) is 14.7 Å². The minimum atomic E-state index is -1.67. The van der Waals surface area contributed by atoms with Crippen molar-refractivity contribution < 1.29 is 22.8 Å². The van der Waals surface area contributed by atoms with Crippen LogP contribution in [0.5, 0.6) is 0 Å². The molecule has 0 spiro atoms. The zero-order chi connectivity index (χ0) is 22.2. The van der Waals surface area contributed by atoms with Crippen LogP contribution < -0.4 is 5.32 Å². The van der Waals surface area contributed by atoms with Gasteiger partial charge < -0.3 is 10.2 Å². The maximum absolute atomic E-state index is 13.7. The van der Waals surface area contributed by atoms with E-state index in [1.807, 2.05) is 11.6 Å². The van der Waals surface area contributed by atoms with E-state index >= 15 is 0 Å². The van der Waals surface area contributed by atoms with Gasteiger partial charge in [0.25, 0.3) is 5.91 Å². The third-order valence-corrected chi connectivity index (χ3v) is 5.53. The second kappa shape index (κ2) is 8.47. The van der Waals surface area contributed by atoms with Crippen molar-refractivity contribution in [2.45, 2.75) is 27.3 Å². The van der Waals surface area contributed by atoms with Crippen LogP contribution in [0.2, 0.25) is 0 Å². The average molecular weight is 438 g/mol. The SMILES string of the molecule is Cc1nn(CC(C)C)c2sc(C(=O)N(C)CC(=O)Nc3ccc(F)c(F)c3F)cc12. The number of hydrogen-bond donors (Lipinski definition) is 1. The second-order valence-electron chi connectivity index (χ2n) is 7.42. The molecule has 2 aromatic heterocycles. The Balaban J connectivity index is 1.72. The van der Waals surface area contributed by atoms with Crippen LogP contribution in [0.1, 0.15) is 29.2 Å². The van der Waals surface area contributed by atoms with Gasteiger partial charge in [-0.3, -0.25) is 14.3 Å². The number of fused-ring (bicyclic) bond motifs is 1. The van der Waals surface area contributed by atoms with Gasteiger partial charge in [0, 0.05) is 19.0 Å². The summed E-state index contributed by atoms with van der Waals surface area (Å²) >= 11 is 1.29. The van der Waals surface area contributed by atoms with Gasteiger partial charge in [0.15, 0.2) is 17.5 Å². The molecule has 10 heteroatoms. The minimum absolute atomic E-state index is 0.382. The highest BCUT2D eigenvalue weighted by molar-refractivity contribution is 7.20. The van der Waals surface area contributed by atoms with E-state index < -0.39 is 29.0 Å². The summed E-state index contributed by atoms with van der Waals surface area (Å²) in [6.07, 6.45) is 0. The van der Waals surface area contributed by atoms with Crippen LogP contribution >= 0.6 is 11.3 Å². The van der Waals surface area contributed by atoms with Crippen molar-refractivity contribution in [3.63, 3.8) is 0 Å². The molecule has 0 saturated carbocycles. The Bertz CT molecular complexity index is 1120. The van der Waals surface area contributed by atoms with Crippen molar-refractivity contribution in [3.8, 4) is 0 Å². The topological polar surface area (TPSA) is 67.2 Å². The smallest absolute Gasteiger partial charge is 0.264 e. The Labute approximate surface area is 175 Å². The number of halogens is 3. The second-order valence-corrected chi connectivity index (χ2v) is 8.45. The number of thiophene rings is 1. The highest BCUT2D eigenvalue weighted by Gasteiger charge is 2.22. The van der Waals surface area contributed by atoms with Gasteiger partial charge in [-0.15, -0.1) is 11.3 Å². The summed E-state index contributed by atoms with van der Waals surface area (Å²) in [4.78, 5) is 27.4. The molecule has 0 unspecified atom stereocenters. The lowest BCUT2D eigenvalue weighted by molar-refractivity contribution is -0.116. The first kappa shape index (κ1) is 21.8. The number of likely N-dealkylation sites (N-methyl/N-ethyl adjacent to an activating group) is 1. The summed E-state index contributed by atoms with van der Waals surface area (Å²) in [5, 5.41) is 7.53. The van der Waals surface area contributed by atoms with Crippen LogP contribution in [0.25, 0.3) is 10.2 Å². The van der Waals surface area contributed by atoms with Crippen molar-refractivity contribution in [2.75, 3.05) is 18.9 Å². The average Bonchev–Trinajstić information content (AvgIpc) is 3.22. The largest absolute Gasteiger partial charge is 0.332 e. The van der Waals surface area contributed by atoms with Crippen LogP contribution in [0.4, 0.5) is 18.9 Å². The van der Waals surface area contributed by atoms with Gasteiger partial charge in [0.1, 0.15) is 4.83 Å². The van der Waals surface area contributed by atoms with Crippen LogP contribution in [0.15, 0.2) is 18.2 Å². The maximum atomic E-state index is 13.7. The third kappa shape index (κ3) is 4.33. The predicted molar refractivity (Wildman–Crippen MR) is 109 cm³/mol. The summed E-state index contributed by atoms with van der Waals surface area (Å²) in [6, 6.07) is 3.37. The van der Waals surface area contributed by atoms with Gasteiger partial charge in [-0.2, -0.15) is 5.10 Å². The van der Waals surface area contributed by atoms with Crippen molar-refractivity contribution >= 4 is 39.1 Å². The van der Waals surface area contributed by atoms with Crippen LogP contribution in [0.3, 0.4) is 0 Å². The molecule has 30 heavy (non-hydrogen) atoms. The Kier molecular flexibility index (Phi) is 6.16. The number of amides is 2. The highest BCUT2D eigenvalue weighted by Crippen LogP contribution is 2.29. The number of aromatic nitrogens is 2. The molecular weight excluding hydrogens is 417 g/mol. The van der Waals surface area contributed by atoms with Crippen molar-refractivity contribution in [3.05, 3.63) is 46.2 Å². The summed E-state index contributed by atoms with van der Waals surface area (Å²) in [7, 11) is 1.43. The molecule has 2 amide bonds. The molecule has 1 aromatic carbocycles. The molecule has 6 nitrogen and oxygen atoms in total. The van der Waals surface area contributed by atoms with E-state index in [1.165, 1.54) is 23.3 Å². The normalized spacial score (nSPS) is 11.3. The Morgan fingerprint density at radius 3 is 2.60 bits per heavy atom. The number of nitrogens with one attached hydrogen (secondary N) is 1. The van der Waals surface area contributed by atoms with E-state index in [4.69, 9.17) is 0 Å². The van der Waals surface area contributed by atoms with E-state index in [0.717, 1.165) is 28.5 Å². The first-order valence-electron chi connectivity index (χ1n) is 9.24. The quantitative estimate of drug-likeness (QED) is 0.587.